The Bertz CT molecular complexity index is 859. The smallest absolute Gasteiger partial charge is 0.253 e. The molecule has 0 bridgehead atoms. The molecule has 24 heavy (non-hydrogen) atoms. The van der Waals surface area contributed by atoms with E-state index in [2.05, 4.69) is 26.2 Å². The van der Waals surface area contributed by atoms with Crippen LogP contribution < -0.4 is 10.1 Å². The first kappa shape index (κ1) is 16.7. The number of aromatic nitrogens is 2. The molecule has 0 aliphatic rings. The number of nitrogens with one attached hydrogen (secondary N) is 1. The molecule has 0 spiro atoms. The Hall–Kier alpha value is -2.12. The van der Waals surface area contributed by atoms with Gasteiger partial charge in [0.2, 0.25) is 0 Å². The number of thiophene rings is 1. The van der Waals surface area contributed by atoms with Gasteiger partial charge in [-0.1, -0.05) is 18.2 Å². The lowest BCUT2D eigenvalue weighted by Gasteiger charge is -2.21. The molecule has 0 radical (unpaired) electrons. The first-order valence-corrected chi connectivity index (χ1v) is 8.92. The summed E-state index contributed by atoms with van der Waals surface area (Å²) in [5.74, 6) is 1.29. The molecule has 1 amide bonds. The number of benzene rings is 1. The molecular weight excluding hydrogens is 390 g/mol. The summed E-state index contributed by atoms with van der Waals surface area (Å²) in [7, 11) is 3.52. The molecule has 0 aliphatic heterocycles. The van der Waals surface area contributed by atoms with E-state index < -0.39 is 6.04 Å². The summed E-state index contributed by atoms with van der Waals surface area (Å²) in [6, 6.07) is 9.02. The molecule has 3 rings (SSSR count). The number of hydrogen-bond donors (Lipinski definition) is 1. The maximum Gasteiger partial charge on any atom is 0.253 e. The van der Waals surface area contributed by atoms with E-state index in [9.17, 15) is 4.79 Å². The minimum atomic E-state index is -0.410. The van der Waals surface area contributed by atoms with E-state index in [0.717, 1.165) is 15.2 Å². The van der Waals surface area contributed by atoms with Crippen molar-refractivity contribution in [3.63, 3.8) is 0 Å². The van der Waals surface area contributed by atoms with Crippen molar-refractivity contribution < 1.29 is 9.53 Å². The molecule has 124 valence electrons. The highest BCUT2D eigenvalue weighted by molar-refractivity contribution is 9.11. The lowest BCUT2D eigenvalue weighted by molar-refractivity contribution is 0.0941. The number of carbonyl (C=O) groups excluding carboxylic acids is 1. The van der Waals surface area contributed by atoms with E-state index in [1.54, 1.807) is 19.4 Å². The van der Waals surface area contributed by atoms with Gasteiger partial charge in [0, 0.05) is 30.4 Å². The summed E-state index contributed by atoms with van der Waals surface area (Å²) in [5.41, 5.74) is 1.47. The molecule has 2 aromatic heterocycles. The van der Waals surface area contributed by atoms with Crippen molar-refractivity contribution >= 4 is 33.2 Å². The summed E-state index contributed by atoms with van der Waals surface area (Å²) >= 11 is 4.86. The molecule has 7 heteroatoms. The van der Waals surface area contributed by atoms with Crippen molar-refractivity contribution in [1.29, 1.82) is 0 Å². The zero-order chi connectivity index (χ0) is 17.1. The van der Waals surface area contributed by atoms with Gasteiger partial charge in [-0.3, -0.25) is 4.79 Å². The van der Waals surface area contributed by atoms with Crippen LogP contribution in [0.3, 0.4) is 0 Å². The normalized spacial score (nSPS) is 12.0. The zero-order valence-corrected chi connectivity index (χ0v) is 15.6. The van der Waals surface area contributed by atoms with E-state index in [4.69, 9.17) is 4.74 Å². The lowest BCUT2D eigenvalue weighted by atomic mass is 10.0. The summed E-state index contributed by atoms with van der Waals surface area (Å²) in [6.45, 7) is 0. The molecule has 2 heterocycles. The monoisotopic (exact) mass is 405 g/mol. The second-order valence-corrected chi connectivity index (χ2v) is 7.47. The number of carbonyl (C=O) groups is 1. The zero-order valence-electron chi connectivity index (χ0n) is 13.2. The maximum absolute atomic E-state index is 12.6. The van der Waals surface area contributed by atoms with Crippen molar-refractivity contribution in [2.24, 2.45) is 7.05 Å². The van der Waals surface area contributed by atoms with Gasteiger partial charge in [0.15, 0.2) is 0 Å². The summed E-state index contributed by atoms with van der Waals surface area (Å²) in [4.78, 5) is 17.1. The SMILES string of the molecule is COc1ccccc1C(NC(=O)c1csc(Br)c1)c1nccn1C. The molecule has 1 unspecified atom stereocenters. The van der Waals surface area contributed by atoms with Crippen LogP contribution in [0, 0.1) is 0 Å². The van der Waals surface area contributed by atoms with Crippen LogP contribution in [0.1, 0.15) is 27.8 Å². The van der Waals surface area contributed by atoms with Crippen molar-refractivity contribution in [2.75, 3.05) is 7.11 Å². The minimum absolute atomic E-state index is 0.157. The molecule has 0 aliphatic carbocycles. The van der Waals surface area contributed by atoms with Crippen LogP contribution in [0.4, 0.5) is 0 Å². The van der Waals surface area contributed by atoms with Crippen molar-refractivity contribution in [3.05, 3.63) is 68.8 Å². The molecule has 1 aromatic carbocycles. The van der Waals surface area contributed by atoms with Crippen LogP contribution in [0.5, 0.6) is 5.75 Å². The van der Waals surface area contributed by atoms with Gasteiger partial charge in [-0.2, -0.15) is 0 Å². The van der Waals surface area contributed by atoms with Gasteiger partial charge in [-0.15, -0.1) is 11.3 Å². The van der Waals surface area contributed by atoms with E-state index in [0.29, 0.717) is 11.3 Å². The Morgan fingerprint density at radius 3 is 2.83 bits per heavy atom. The van der Waals surface area contributed by atoms with Crippen LogP contribution in [0.2, 0.25) is 0 Å². The number of amides is 1. The van der Waals surface area contributed by atoms with Crippen molar-refractivity contribution in [1.82, 2.24) is 14.9 Å². The number of hydrogen-bond acceptors (Lipinski definition) is 4. The summed E-state index contributed by atoms with van der Waals surface area (Å²) < 4.78 is 8.27. The summed E-state index contributed by atoms with van der Waals surface area (Å²) in [5, 5.41) is 4.88. The number of imidazole rings is 1. The summed E-state index contributed by atoms with van der Waals surface area (Å²) in [6.07, 6.45) is 3.57. The van der Waals surface area contributed by atoms with Gasteiger partial charge in [-0.25, -0.2) is 4.98 Å². The second kappa shape index (κ2) is 7.19. The fourth-order valence-corrected chi connectivity index (χ4v) is 3.62. The van der Waals surface area contributed by atoms with Gasteiger partial charge in [0.25, 0.3) is 5.91 Å². The Morgan fingerprint density at radius 2 is 2.21 bits per heavy atom. The number of aryl methyl sites for hydroxylation is 1. The first-order chi connectivity index (χ1) is 11.6. The van der Waals surface area contributed by atoms with Gasteiger partial charge >= 0.3 is 0 Å². The standard InChI is InChI=1S/C17H16BrN3O2S/c1-21-8-7-19-16(21)15(12-5-3-4-6-13(12)23-2)20-17(22)11-9-14(18)24-10-11/h3-10,15H,1-2H3,(H,20,22). The molecule has 0 fully saturated rings. The van der Waals surface area contributed by atoms with Crippen LogP contribution >= 0.6 is 27.3 Å². The maximum atomic E-state index is 12.6. The number of nitrogens with zero attached hydrogens (tertiary/aromatic N) is 2. The molecule has 0 saturated carbocycles. The third-order valence-corrected chi connectivity index (χ3v) is 5.18. The number of rotatable bonds is 5. The third kappa shape index (κ3) is 3.37. The van der Waals surface area contributed by atoms with Crippen molar-refractivity contribution in [3.8, 4) is 5.75 Å². The first-order valence-electron chi connectivity index (χ1n) is 7.25. The average Bonchev–Trinajstić information content (AvgIpc) is 3.21. The quantitative estimate of drug-likeness (QED) is 0.702. The average molecular weight is 406 g/mol. The predicted octanol–water partition coefficient (Wildman–Crippen LogP) is 3.77. The molecule has 3 aromatic rings. The Kier molecular flexibility index (Phi) is 5.01. The molecule has 0 saturated heterocycles. The Labute approximate surface area is 152 Å². The van der Waals surface area contributed by atoms with Crippen LogP contribution in [0.25, 0.3) is 0 Å². The second-order valence-electron chi connectivity index (χ2n) is 5.18. The fourth-order valence-electron chi connectivity index (χ4n) is 2.49. The topological polar surface area (TPSA) is 56.1 Å². The predicted molar refractivity (Wildman–Crippen MR) is 97.5 cm³/mol. The van der Waals surface area contributed by atoms with Gasteiger partial charge in [0.1, 0.15) is 17.6 Å². The molecule has 1 atom stereocenters. The molecular formula is C17H16BrN3O2S. The van der Waals surface area contributed by atoms with Crippen LogP contribution in [0.15, 0.2) is 51.9 Å². The van der Waals surface area contributed by atoms with E-state index in [1.165, 1.54) is 11.3 Å². The molecule has 5 nitrogen and oxygen atoms in total. The Morgan fingerprint density at radius 1 is 1.42 bits per heavy atom. The van der Waals surface area contributed by atoms with Crippen molar-refractivity contribution in [2.45, 2.75) is 6.04 Å². The Balaban J connectivity index is 2.00. The highest BCUT2D eigenvalue weighted by Crippen LogP contribution is 2.30. The number of para-hydroxylation sites is 1. The van der Waals surface area contributed by atoms with Crippen LogP contribution in [-0.2, 0) is 7.05 Å². The largest absolute Gasteiger partial charge is 0.496 e. The number of methoxy groups -OCH3 is 1. The number of ether oxygens (including phenoxy) is 1. The number of halogens is 1. The van der Waals surface area contributed by atoms with Gasteiger partial charge in [0.05, 0.1) is 16.5 Å². The van der Waals surface area contributed by atoms with E-state index in [-0.39, 0.29) is 5.91 Å². The van der Waals surface area contributed by atoms with E-state index >= 15 is 0 Å². The highest BCUT2D eigenvalue weighted by Gasteiger charge is 2.24. The van der Waals surface area contributed by atoms with E-state index in [1.807, 2.05) is 47.5 Å². The van der Waals surface area contributed by atoms with Crippen LogP contribution in [-0.4, -0.2) is 22.6 Å². The van der Waals surface area contributed by atoms with Gasteiger partial charge in [-0.05, 0) is 28.1 Å². The highest BCUT2D eigenvalue weighted by atomic mass is 79.9. The van der Waals surface area contributed by atoms with Gasteiger partial charge < -0.3 is 14.6 Å². The lowest BCUT2D eigenvalue weighted by Crippen LogP contribution is -2.31. The third-order valence-electron chi connectivity index (χ3n) is 3.67. The minimum Gasteiger partial charge on any atom is -0.496 e. The molecule has 1 N–H and O–H groups in total. The fraction of sp³-hybridized carbons (Fsp3) is 0.176.